The van der Waals surface area contributed by atoms with Crippen LogP contribution in [0.15, 0.2) is 33.6 Å². The van der Waals surface area contributed by atoms with E-state index in [1.54, 1.807) is 31.2 Å². The number of ether oxygens (including phenoxy) is 1. The van der Waals surface area contributed by atoms with E-state index >= 15 is 0 Å². The zero-order chi connectivity index (χ0) is 20.3. The van der Waals surface area contributed by atoms with E-state index in [4.69, 9.17) is 4.74 Å². The predicted molar refractivity (Wildman–Crippen MR) is 103 cm³/mol. The largest absolute Gasteiger partial charge is 0.452 e. The van der Waals surface area contributed by atoms with Crippen LogP contribution in [0.1, 0.15) is 38.7 Å². The third-order valence-corrected chi connectivity index (χ3v) is 6.28. The van der Waals surface area contributed by atoms with E-state index in [9.17, 15) is 18.0 Å². The molecular formula is C19H25N3O5S. The number of carbonyl (C=O) groups is 2. The average molecular weight is 407 g/mol. The molecule has 0 spiro atoms. The first-order valence-electron chi connectivity index (χ1n) is 9.51. The maximum absolute atomic E-state index is 12.4. The van der Waals surface area contributed by atoms with Gasteiger partial charge in [0.15, 0.2) is 11.9 Å². The van der Waals surface area contributed by atoms with Crippen molar-refractivity contribution in [2.24, 2.45) is 10.3 Å². The molecule has 9 heteroatoms. The highest BCUT2D eigenvalue weighted by atomic mass is 32.2. The molecule has 0 aromatic heterocycles. The van der Waals surface area contributed by atoms with E-state index in [0.717, 1.165) is 6.42 Å². The van der Waals surface area contributed by atoms with Gasteiger partial charge in [-0.1, -0.05) is 19.1 Å². The monoisotopic (exact) mass is 407 g/mol. The van der Waals surface area contributed by atoms with Crippen molar-refractivity contribution in [3.8, 4) is 0 Å². The summed E-state index contributed by atoms with van der Waals surface area (Å²) < 4.78 is 33.7. The van der Waals surface area contributed by atoms with Crippen molar-refractivity contribution >= 4 is 27.7 Å². The van der Waals surface area contributed by atoms with E-state index in [2.05, 4.69) is 9.71 Å². The van der Waals surface area contributed by atoms with Gasteiger partial charge in [-0.05, 0) is 38.3 Å². The van der Waals surface area contributed by atoms with Crippen molar-refractivity contribution in [3.63, 3.8) is 0 Å². The zero-order valence-corrected chi connectivity index (χ0v) is 16.9. The number of benzene rings is 1. The molecule has 2 aliphatic rings. The number of amides is 1. The molecule has 28 heavy (non-hydrogen) atoms. The molecule has 0 saturated carbocycles. The third kappa shape index (κ3) is 4.19. The van der Waals surface area contributed by atoms with Crippen molar-refractivity contribution in [1.29, 1.82) is 0 Å². The normalized spacial score (nSPS) is 19.5. The smallest absolute Gasteiger partial charge is 0.309 e. The molecule has 0 radical (unpaired) electrons. The highest BCUT2D eigenvalue weighted by molar-refractivity contribution is 7.90. The van der Waals surface area contributed by atoms with Crippen LogP contribution in [0.4, 0.5) is 0 Å². The van der Waals surface area contributed by atoms with E-state index in [0.29, 0.717) is 43.9 Å². The van der Waals surface area contributed by atoms with E-state index in [1.165, 1.54) is 0 Å². The number of carbonyl (C=O) groups excluding carboxylic acids is 2. The van der Waals surface area contributed by atoms with Crippen molar-refractivity contribution in [1.82, 2.24) is 10.2 Å². The number of sulfonamides is 1. The molecule has 1 aromatic rings. The summed E-state index contributed by atoms with van der Waals surface area (Å²) in [5.41, 5.74) is 0.602. The molecule has 1 atom stereocenters. The van der Waals surface area contributed by atoms with Crippen LogP contribution in [0.5, 0.6) is 0 Å². The number of hydrogen-bond acceptors (Lipinski definition) is 6. The van der Waals surface area contributed by atoms with Gasteiger partial charge in [0.25, 0.3) is 15.9 Å². The molecule has 1 saturated heterocycles. The van der Waals surface area contributed by atoms with Gasteiger partial charge in [-0.3, -0.25) is 9.59 Å². The van der Waals surface area contributed by atoms with Crippen LogP contribution >= 0.6 is 0 Å². The van der Waals surface area contributed by atoms with Crippen LogP contribution < -0.4 is 5.32 Å². The number of piperidine rings is 1. The van der Waals surface area contributed by atoms with E-state index < -0.39 is 16.1 Å². The minimum absolute atomic E-state index is 0.221. The second-order valence-electron chi connectivity index (χ2n) is 7.02. The summed E-state index contributed by atoms with van der Waals surface area (Å²) in [7, 11) is -3.66. The second-order valence-corrected chi connectivity index (χ2v) is 8.59. The van der Waals surface area contributed by atoms with Crippen LogP contribution in [0.2, 0.25) is 0 Å². The molecule has 152 valence electrons. The van der Waals surface area contributed by atoms with Crippen LogP contribution in [-0.2, 0) is 24.3 Å². The highest BCUT2D eigenvalue weighted by Gasteiger charge is 2.35. The maximum Gasteiger partial charge on any atom is 0.309 e. The highest BCUT2D eigenvalue weighted by Crippen LogP contribution is 2.30. The Balaban J connectivity index is 1.58. The van der Waals surface area contributed by atoms with E-state index in [1.807, 2.05) is 11.8 Å². The second kappa shape index (κ2) is 8.30. The predicted octanol–water partition coefficient (Wildman–Crippen LogP) is 1.31. The number of rotatable bonds is 5. The van der Waals surface area contributed by atoms with Gasteiger partial charge in [0.2, 0.25) is 0 Å². The van der Waals surface area contributed by atoms with Gasteiger partial charge in [-0.25, -0.2) is 0 Å². The Kier molecular flexibility index (Phi) is 6.02. The number of nitrogens with one attached hydrogen (secondary N) is 1. The molecule has 0 unspecified atom stereocenters. The summed E-state index contributed by atoms with van der Waals surface area (Å²) >= 11 is 0. The lowest BCUT2D eigenvalue weighted by molar-refractivity contribution is -0.159. The summed E-state index contributed by atoms with van der Waals surface area (Å²) in [4.78, 5) is 26.3. The quantitative estimate of drug-likeness (QED) is 0.738. The van der Waals surface area contributed by atoms with Gasteiger partial charge in [-0.2, -0.15) is 8.42 Å². The lowest BCUT2D eigenvalue weighted by atomic mass is 9.96. The fraction of sp³-hybridized carbons (Fsp3) is 0.526. The first kappa shape index (κ1) is 20.3. The molecule has 0 bridgehead atoms. The molecule has 1 fully saturated rings. The Morgan fingerprint density at radius 1 is 1.29 bits per heavy atom. The van der Waals surface area contributed by atoms with E-state index in [-0.39, 0.29) is 22.7 Å². The number of hydrogen-bond donors (Lipinski definition) is 1. The van der Waals surface area contributed by atoms with Crippen molar-refractivity contribution in [3.05, 3.63) is 29.8 Å². The molecule has 2 aliphatic heterocycles. The first-order chi connectivity index (χ1) is 13.3. The van der Waals surface area contributed by atoms with Gasteiger partial charge >= 0.3 is 5.97 Å². The number of likely N-dealkylation sites (tertiary alicyclic amines) is 1. The van der Waals surface area contributed by atoms with Gasteiger partial charge in [-0.15, -0.1) is 4.40 Å². The maximum atomic E-state index is 12.4. The third-order valence-electron chi connectivity index (χ3n) is 4.95. The van der Waals surface area contributed by atoms with Crippen LogP contribution in [-0.4, -0.2) is 56.8 Å². The minimum Gasteiger partial charge on any atom is -0.452 e. The van der Waals surface area contributed by atoms with Gasteiger partial charge in [0, 0.05) is 25.2 Å². The summed E-state index contributed by atoms with van der Waals surface area (Å²) in [6, 6.07) is 6.76. The number of amidine groups is 1. The first-order valence-corrected chi connectivity index (χ1v) is 10.9. The minimum atomic E-state index is -3.66. The Labute approximate surface area is 165 Å². The molecule has 1 amide bonds. The Morgan fingerprint density at radius 2 is 1.96 bits per heavy atom. The topological polar surface area (TPSA) is 105 Å². The van der Waals surface area contributed by atoms with Gasteiger partial charge in [0.1, 0.15) is 4.90 Å². The zero-order valence-electron chi connectivity index (χ0n) is 16.1. The van der Waals surface area contributed by atoms with Crippen LogP contribution in [0.3, 0.4) is 0 Å². The van der Waals surface area contributed by atoms with Crippen molar-refractivity contribution in [2.45, 2.75) is 44.1 Å². The van der Waals surface area contributed by atoms with Crippen molar-refractivity contribution < 1.29 is 22.7 Å². The summed E-state index contributed by atoms with van der Waals surface area (Å²) in [5, 5.41) is 2.70. The SMILES string of the molecule is CCCNC(=O)[C@H](C)OC(=O)C1CCN(C2=NS(=O)(=O)c3ccccc32)CC1. The van der Waals surface area contributed by atoms with Crippen LogP contribution in [0, 0.1) is 5.92 Å². The molecule has 0 aliphatic carbocycles. The standard InChI is InChI=1S/C19H25N3O5S/c1-3-10-20-18(23)13(2)27-19(24)14-8-11-22(12-9-14)17-15-6-4-5-7-16(15)28(25,26)21-17/h4-7,13-14H,3,8-12H2,1-2H3,(H,20,23)/t13-/m0/s1. The van der Waals surface area contributed by atoms with Crippen molar-refractivity contribution in [2.75, 3.05) is 19.6 Å². The number of nitrogens with zero attached hydrogens (tertiary/aromatic N) is 2. The summed E-state index contributed by atoms with van der Waals surface area (Å²) in [6.45, 7) is 5.05. The molecule has 2 heterocycles. The fourth-order valence-corrected chi connectivity index (χ4v) is 4.59. The van der Waals surface area contributed by atoms with Gasteiger partial charge in [0.05, 0.1) is 5.92 Å². The molecule has 3 rings (SSSR count). The Bertz CT molecular complexity index is 889. The lowest BCUT2D eigenvalue weighted by Crippen LogP contribution is -2.42. The Hall–Kier alpha value is -2.42. The average Bonchev–Trinajstić information content (AvgIpc) is 2.97. The summed E-state index contributed by atoms with van der Waals surface area (Å²) in [6.07, 6.45) is 1.02. The van der Waals surface area contributed by atoms with Gasteiger partial charge < -0.3 is 15.0 Å². The molecule has 1 aromatic carbocycles. The fourth-order valence-electron chi connectivity index (χ4n) is 3.36. The Morgan fingerprint density at radius 3 is 2.64 bits per heavy atom. The molecule has 1 N–H and O–H groups in total. The number of fused-ring (bicyclic) bond motifs is 1. The summed E-state index contributed by atoms with van der Waals surface area (Å²) in [5.74, 6) is -0.559. The number of esters is 1. The van der Waals surface area contributed by atoms with Crippen LogP contribution in [0.25, 0.3) is 0 Å². The molecule has 8 nitrogen and oxygen atoms in total. The lowest BCUT2D eigenvalue weighted by Gasteiger charge is -2.32. The molecular weight excluding hydrogens is 382 g/mol.